The van der Waals surface area contributed by atoms with Crippen LogP contribution in [0.3, 0.4) is 0 Å². The van der Waals surface area contributed by atoms with E-state index in [1.54, 1.807) is 0 Å². The highest BCUT2D eigenvalue weighted by atomic mass is 16.5. The van der Waals surface area contributed by atoms with Crippen molar-refractivity contribution in [1.29, 1.82) is 0 Å². The van der Waals surface area contributed by atoms with Gasteiger partial charge in [-0.2, -0.15) is 0 Å². The molecule has 6 nitrogen and oxygen atoms in total. The predicted molar refractivity (Wildman–Crippen MR) is 91.3 cm³/mol. The lowest BCUT2D eigenvalue weighted by molar-refractivity contribution is -0.135. The molecule has 2 fully saturated rings. The summed E-state index contributed by atoms with van der Waals surface area (Å²) in [6.45, 7) is 7.04. The Labute approximate surface area is 147 Å². The van der Waals surface area contributed by atoms with Crippen molar-refractivity contribution < 1.29 is 24.5 Å². The van der Waals surface area contributed by atoms with E-state index in [0.717, 1.165) is 25.3 Å². The highest BCUT2D eigenvalue weighted by Crippen LogP contribution is 2.52. The molecular weight excluding hydrogens is 322 g/mol. The van der Waals surface area contributed by atoms with E-state index in [9.17, 15) is 19.8 Å². The number of aromatic hydroxyl groups is 2. The molecule has 0 spiro atoms. The van der Waals surface area contributed by atoms with E-state index in [1.165, 1.54) is 12.1 Å². The van der Waals surface area contributed by atoms with Gasteiger partial charge in [0.15, 0.2) is 6.61 Å². The number of ether oxygens (including phenoxy) is 1. The molecule has 0 unspecified atom stereocenters. The minimum atomic E-state index is -0.778. The van der Waals surface area contributed by atoms with Crippen LogP contribution in [-0.4, -0.2) is 46.2 Å². The number of likely N-dealkylation sites (tertiary alicyclic amines) is 1. The quantitative estimate of drug-likeness (QED) is 0.821. The fourth-order valence-electron chi connectivity index (χ4n) is 4.73. The number of hydrogen-bond donors (Lipinski definition) is 2. The van der Waals surface area contributed by atoms with E-state index in [4.69, 9.17) is 4.74 Å². The van der Waals surface area contributed by atoms with Gasteiger partial charge in [0, 0.05) is 18.7 Å². The first-order chi connectivity index (χ1) is 11.6. The highest BCUT2D eigenvalue weighted by Gasteiger charge is 2.50. The van der Waals surface area contributed by atoms with Crippen LogP contribution in [0.15, 0.2) is 18.2 Å². The van der Waals surface area contributed by atoms with Crippen LogP contribution in [0.5, 0.6) is 11.5 Å². The van der Waals surface area contributed by atoms with Gasteiger partial charge < -0.3 is 19.8 Å². The zero-order chi connectivity index (χ0) is 18.4. The molecule has 136 valence electrons. The molecule has 2 atom stereocenters. The predicted octanol–water partition coefficient (Wildman–Crippen LogP) is 2.68. The third kappa shape index (κ3) is 3.57. The number of amides is 1. The number of nitrogens with zero attached hydrogens (tertiary/aromatic N) is 1. The molecule has 25 heavy (non-hydrogen) atoms. The maximum absolute atomic E-state index is 12.6. The Morgan fingerprint density at radius 3 is 2.64 bits per heavy atom. The molecule has 1 saturated heterocycles. The van der Waals surface area contributed by atoms with Gasteiger partial charge in [0.2, 0.25) is 0 Å². The van der Waals surface area contributed by atoms with Crippen molar-refractivity contribution in [1.82, 2.24) is 4.90 Å². The van der Waals surface area contributed by atoms with Crippen LogP contribution in [-0.2, 0) is 9.53 Å². The summed E-state index contributed by atoms with van der Waals surface area (Å²) in [6.07, 6.45) is 3.04. The summed E-state index contributed by atoms with van der Waals surface area (Å²) in [5.74, 6) is -1.49. The van der Waals surface area contributed by atoms with Gasteiger partial charge in [0.05, 0.1) is 0 Å². The molecule has 1 heterocycles. The van der Waals surface area contributed by atoms with Crippen molar-refractivity contribution in [2.75, 3.05) is 13.2 Å². The Hall–Kier alpha value is -2.24. The summed E-state index contributed by atoms with van der Waals surface area (Å²) in [5, 5.41) is 19.0. The third-order valence-electron chi connectivity index (χ3n) is 5.26. The lowest BCUT2D eigenvalue weighted by Gasteiger charge is -2.39. The standard InChI is InChI=1S/C19H25NO5/c1-18(2)7-12-8-19(3,10-18)11-20(12)16(23)9-25-17(24)14-5-4-13(21)6-15(14)22/h4-6,12,21-22H,7-11H2,1-3H3/t12-,19+/m1/s1. The number of rotatable bonds is 3. The normalized spacial score (nSPS) is 27.2. The van der Waals surface area contributed by atoms with Crippen molar-refractivity contribution >= 4 is 11.9 Å². The van der Waals surface area contributed by atoms with E-state index in [0.29, 0.717) is 6.54 Å². The molecule has 2 bridgehead atoms. The Morgan fingerprint density at radius 2 is 1.96 bits per heavy atom. The zero-order valence-electron chi connectivity index (χ0n) is 14.9. The van der Waals surface area contributed by atoms with Crippen LogP contribution < -0.4 is 0 Å². The van der Waals surface area contributed by atoms with E-state index >= 15 is 0 Å². The molecule has 0 aromatic heterocycles. The molecule has 3 rings (SSSR count). The van der Waals surface area contributed by atoms with Gasteiger partial charge in [-0.25, -0.2) is 4.79 Å². The van der Waals surface area contributed by atoms with Gasteiger partial charge in [-0.1, -0.05) is 20.8 Å². The Kier molecular flexibility index (Phi) is 4.17. The number of hydrogen-bond acceptors (Lipinski definition) is 5. The number of fused-ring (bicyclic) bond motifs is 2. The van der Waals surface area contributed by atoms with E-state index in [2.05, 4.69) is 20.8 Å². The largest absolute Gasteiger partial charge is 0.508 e. The number of carbonyl (C=O) groups excluding carboxylic acids is 2. The maximum atomic E-state index is 12.6. The van der Waals surface area contributed by atoms with Crippen molar-refractivity contribution in [3.8, 4) is 11.5 Å². The topological polar surface area (TPSA) is 87.1 Å². The summed E-state index contributed by atoms with van der Waals surface area (Å²) in [4.78, 5) is 26.5. The smallest absolute Gasteiger partial charge is 0.342 e. The SMILES string of the molecule is CC1(C)C[C@@H]2C[C@](C)(CN2C(=O)COC(=O)c2ccc(O)cc2O)C1. The third-order valence-corrected chi connectivity index (χ3v) is 5.26. The minimum Gasteiger partial charge on any atom is -0.508 e. The van der Waals surface area contributed by atoms with Crippen LogP contribution in [0.25, 0.3) is 0 Å². The summed E-state index contributed by atoms with van der Waals surface area (Å²) in [7, 11) is 0. The second kappa shape index (κ2) is 5.93. The highest BCUT2D eigenvalue weighted by molar-refractivity contribution is 5.94. The fourth-order valence-corrected chi connectivity index (χ4v) is 4.73. The van der Waals surface area contributed by atoms with Gasteiger partial charge in [-0.15, -0.1) is 0 Å². The first-order valence-electron chi connectivity index (χ1n) is 8.57. The number of phenols is 2. The first-order valence-corrected chi connectivity index (χ1v) is 8.57. The molecule has 6 heteroatoms. The molecule has 2 N–H and O–H groups in total. The van der Waals surface area contributed by atoms with E-state index in [-0.39, 0.29) is 46.4 Å². The van der Waals surface area contributed by atoms with Crippen LogP contribution >= 0.6 is 0 Å². The van der Waals surface area contributed by atoms with Gasteiger partial charge in [0.25, 0.3) is 5.91 Å². The minimum absolute atomic E-state index is 0.0705. The second-order valence-electron chi connectivity index (χ2n) is 8.51. The summed E-state index contributed by atoms with van der Waals surface area (Å²) in [5.41, 5.74) is 0.265. The van der Waals surface area contributed by atoms with Gasteiger partial charge >= 0.3 is 5.97 Å². The summed E-state index contributed by atoms with van der Waals surface area (Å²) >= 11 is 0. The second-order valence-corrected chi connectivity index (χ2v) is 8.51. The van der Waals surface area contributed by atoms with Crippen molar-refractivity contribution in [2.24, 2.45) is 10.8 Å². The fraction of sp³-hybridized carbons (Fsp3) is 0.579. The zero-order valence-corrected chi connectivity index (χ0v) is 14.9. The average molecular weight is 347 g/mol. The summed E-state index contributed by atoms with van der Waals surface area (Å²) < 4.78 is 5.08. The van der Waals surface area contributed by atoms with Crippen LogP contribution in [0, 0.1) is 10.8 Å². The molecule has 1 aromatic rings. The molecule has 0 radical (unpaired) electrons. The first kappa shape index (κ1) is 17.6. The molecule has 1 aromatic carbocycles. The van der Waals surface area contributed by atoms with Crippen molar-refractivity contribution in [2.45, 2.75) is 46.1 Å². The number of carbonyl (C=O) groups is 2. The van der Waals surface area contributed by atoms with Crippen molar-refractivity contribution in [3.63, 3.8) is 0 Å². The lowest BCUT2D eigenvalue weighted by Crippen LogP contribution is -2.39. The maximum Gasteiger partial charge on any atom is 0.342 e. The Morgan fingerprint density at radius 1 is 1.24 bits per heavy atom. The van der Waals surface area contributed by atoms with Crippen molar-refractivity contribution in [3.05, 3.63) is 23.8 Å². The van der Waals surface area contributed by atoms with Gasteiger partial charge in [-0.3, -0.25) is 4.79 Å². The average Bonchev–Trinajstić information content (AvgIpc) is 2.73. The molecule has 1 aliphatic heterocycles. The molecule has 2 aliphatic rings. The molecule has 1 saturated carbocycles. The van der Waals surface area contributed by atoms with Crippen LogP contribution in [0.2, 0.25) is 0 Å². The molecule has 1 amide bonds. The Balaban J connectivity index is 1.62. The van der Waals surface area contributed by atoms with Crippen LogP contribution in [0.4, 0.5) is 0 Å². The van der Waals surface area contributed by atoms with Crippen LogP contribution in [0.1, 0.15) is 50.4 Å². The summed E-state index contributed by atoms with van der Waals surface area (Å²) in [6, 6.07) is 3.81. The number of benzene rings is 1. The lowest BCUT2D eigenvalue weighted by atomic mass is 9.65. The number of phenolic OH excluding ortho intramolecular Hbond substituents is 2. The molecule has 1 aliphatic carbocycles. The van der Waals surface area contributed by atoms with E-state index < -0.39 is 5.97 Å². The van der Waals surface area contributed by atoms with Gasteiger partial charge in [-0.05, 0) is 42.2 Å². The van der Waals surface area contributed by atoms with E-state index in [1.807, 2.05) is 4.90 Å². The monoisotopic (exact) mass is 347 g/mol. The Bertz CT molecular complexity index is 714. The number of esters is 1. The van der Waals surface area contributed by atoms with Gasteiger partial charge in [0.1, 0.15) is 17.1 Å². The molecular formula is C19H25NO5.